The molecule has 0 bridgehead atoms. The van der Waals surface area contributed by atoms with Crippen molar-refractivity contribution in [3.05, 3.63) is 18.1 Å². The lowest BCUT2D eigenvalue weighted by molar-refractivity contribution is -0.121. The molecule has 1 unspecified atom stereocenters. The summed E-state index contributed by atoms with van der Waals surface area (Å²) in [4.78, 5) is 30.8. The highest BCUT2D eigenvalue weighted by molar-refractivity contribution is 5.87. The van der Waals surface area contributed by atoms with E-state index in [0.29, 0.717) is 18.8 Å². The van der Waals surface area contributed by atoms with Crippen LogP contribution in [0.25, 0.3) is 0 Å². The third-order valence-electron chi connectivity index (χ3n) is 2.71. The van der Waals surface area contributed by atoms with Crippen molar-refractivity contribution in [1.82, 2.24) is 15.3 Å². The van der Waals surface area contributed by atoms with E-state index in [1.54, 1.807) is 0 Å². The van der Waals surface area contributed by atoms with Gasteiger partial charge in [-0.2, -0.15) is 0 Å². The number of nitrogens with zero attached hydrogens (tertiary/aromatic N) is 2. The normalized spacial score (nSPS) is 11.6. The van der Waals surface area contributed by atoms with Crippen LogP contribution in [0.1, 0.15) is 37.2 Å². The van der Waals surface area contributed by atoms with E-state index in [1.807, 2.05) is 13.8 Å². The van der Waals surface area contributed by atoms with Gasteiger partial charge in [0.2, 0.25) is 5.91 Å². The molecule has 0 aliphatic rings. The average molecular weight is 280 g/mol. The topological polar surface area (TPSA) is 93.2 Å². The molecule has 2 N–H and O–H groups in total. The second-order valence-corrected chi connectivity index (χ2v) is 4.33. The third kappa shape index (κ3) is 5.21. The highest BCUT2D eigenvalue weighted by atomic mass is 16.5. The molecule has 1 rings (SSSR count). The first-order valence-corrected chi connectivity index (χ1v) is 6.50. The summed E-state index contributed by atoms with van der Waals surface area (Å²) in [6.45, 7) is 4.38. The smallest absolute Gasteiger partial charge is 0.358 e. The minimum atomic E-state index is -0.546. The van der Waals surface area contributed by atoms with Gasteiger partial charge < -0.3 is 15.4 Å². The Bertz CT molecular complexity index is 465. The molecular weight excluding hydrogens is 260 g/mol. The van der Waals surface area contributed by atoms with Gasteiger partial charge >= 0.3 is 5.97 Å². The summed E-state index contributed by atoms with van der Waals surface area (Å²) < 4.78 is 4.56. The van der Waals surface area contributed by atoms with E-state index in [9.17, 15) is 9.59 Å². The van der Waals surface area contributed by atoms with Crippen LogP contribution in [0.3, 0.4) is 0 Å². The fourth-order valence-corrected chi connectivity index (χ4v) is 1.41. The maximum absolute atomic E-state index is 11.6. The molecule has 1 heterocycles. The Morgan fingerprint density at radius 2 is 2.15 bits per heavy atom. The number of nitrogens with one attached hydrogen (secondary N) is 2. The van der Waals surface area contributed by atoms with Crippen LogP contribution in [-0.2, 0) is 9.53 Å². The molecule has 0 aromatic carbocycles. The van der Waals surface area contributed by atoms with E-state index < -0.39 is 5.97 Å². The molecule has 1 amide bonds. The van der Waals surface area contributed by atoms with E-state index in [1.165, 1.54) is 19.5 Å². The third-order valence-corrected chi connectivity index (χ3v) is 2.71. The quantitative estimate of drug-likeness (QED) is 0.723. The molecule has 0 aliphatic heterocycles. The fraction of sp³-hybridized carbons (Fsp3) is 0.538. The van der Waals surface area contributed by atoms with E-state index >= 15 is 0 Å². The molecule has 0 aliphatic carbocycles. The molecule has 7 heteroatoms. The van der Waals surface area contributed by atoms with Gasteiger partial charge in [-0.25, -0.2) is 9.78 Å². The predicted octanol–water partition coefficient (Wildman–Crippen LogP) is 0.980. The van der Waals surface area contributed by atoms with E-state index in [2.05, 4.69) is 25.3 Å². The number of carbonyl (C=O) groups excluding carboxylic acids is 2. The second kappa shape index (κ2) is 8.08. The molecule has 1 aromatic rings. The molecule has 7 nitrogen and oxygen atoms in total. The lowest BCUT2D eigenvalue weighted by Crippen LogP contribution is -2.33. The molecule has 0 radical (unpaired) electrons. The number of methoxy groups -OCH3 is 1. The number of esters is 1. The summed E-state index contributed by atoms with van der Waals surface area (Å²) >= 11 is 0. The van der Waals surface area contributed by atoms with Crippen LogP contribution in [0.15, 0.2) is 12.4 Å². The van der Waals surface area contributed by atoms with E-state index in [4.69, 9.17) is 0 Å². The number of carbonyl (C=O) groups is 2. The lowest BCUT2D eigenvalue weighted by Gasteiger charge is -2.11. The zero-order valence-electron chi connectivity index (χ0n) is 12.0. The maximum atomic E-state index is 11.6. The van der Waals surface area contributed by atoms with Gasteiger partial charge in [-0.15, -0.1) is 0 Å². The van der Waals surface area contributed by atoms with E-state index in [0.717, 1.165) is 6.42 Å². The zero-order valence-corrected chi connectivity index (χ0v) is 12.0. The number of ether oxygens (including phenoxy) is 1. The Kier molecular flexibility index (Phi) is 6.42. The average Bonchev–Trinajstić information content (AvgIpc) is 2.46. The molecule has 0 saturated heterocycles. The molecule has 110 valence electrons. The molecule has 1 atom stereocenters. The predicted molar refractivity (Wildman–Crippen MR) is 74.4 cm³/mol. The van der Waals surface area contributed by atoms with E-state index in [-0.39, 0.29) is 17.6 Å². The van der Waals surface area contributed by atoms with Crippen molar-refractivity contribution >= 4 is 17.7 Å². The minimum absolute atomic E-state index is 0.0241. The molecule has 0 spiro atoms. The Balaban J connectivity index is 2.42. The zero-order chi connectivity index (χ0) is 15.0. The largest absolute Gasteiger partial charge is 0.464 e. The minimum Gasteiger partial charge on any atom is -0.464 e. The highest BCUT2D eigenvalue weighted by Crippen LogP contribution is 2.03. The van der Waals surface area contributed by atoms with Crippen LogP contribution in [0.5, 0.6) is 0 Å². The SMILES string of the molecule is CCC(C)NC(=O)CCNc1cncc(C(=O)OC)n1. The summed E-state index contributed by atoms with van der Waals surface area (Å²) in [5, 5.41) is 5.81. The Morgan fingerprint density at radius 1 is 1.40 bits per heavy atom. The number of anilines is 1. The van der Waals surface area contributed by atoms with Gasteiger partial charge in [0.15, 0.2) is 5.69 Å². The Hall–Kier alpha value is -2.18. The van der Waals surface area contributed by atoms with Gasteiger partial charge in [-0.05, 0) is 13.3 Å². The van der Waals surface area contributed by atoms with Crippen molar-refractivity contribution in [2.24, 2.45) is 0 Å². The molecule has 1 aromatic heterocycles. The first-order valence-electron chi connectivity index (χ1n) is 6.50. The Labute approximate surface area is 118 Å². The molecular formula is C13H20N4O3. The van der Waals surface area contributed by atoms with Gasteiger partial charge in [0.1, 0.15) is 5.82 Å². The van der Waals surface area contributed by atoms with Gasteiger partial charge in [0, 0.05) is 19.0 Å². The van der Waals surface area contributed by atoms with Crippen molar-refractivity contribution < 1.29 is 14.3 Å². The van der Waals surface area contributed by atoms with Gasteiger partial charge in [0.25, 0.3) is 0 Å². The number of aromatic nitrogens is 2. The molecule has 0 saturated carbocycles. The summed E-state index contributed by atoms with van der Waals surface area (Å²) in [7, 11) is 1.28. The Morgan fingerprint density at radius 3 is 2.80 bits per heavy atom. The van der Waals surface area contributed by atoms with Crippen molar-refractivity contribution in [3.8, 4) is 0 Å². The summed E-state index contributed by atoms with van der Waals surface area (Å²) in [5.74, 6) is -0.135. The second-order valence-electron chi connectivity index (χ2n) is 4.33. The van der Waals surface area contributed by atoms with Gasteiger partial charge in [0.05, 0.1) is 19.5 Å². The van der Waals surface area contributed by atoms with Crippen molar-refractivity contribution in [1.29, 1.82) is 0 Å². The fourth-order valence-electron chi connectivity index (χ4n) is 1.41. The lowest BCUT2D eigenvalue weighted by atomic mass is 10.2. The van der Waals surface area contributed by atoms with Crippen LogP contribution < -0.4 is 10.6 Å². The first-order chi connectivity index (χ1) is 9.56. The molecule has 20 heavy (non-hydrogen) atoms. The maximum Gasteiger partial charge on any atom is 0.358 e. The highest BCUT2D eigenvalue weighted by Gasteiger charge is 2.09. The van der Waals surface area contributed by atoms with Crippen LogP contribution in [0, 0.1) is 0 Å². The number of rotatable bonds is 7. The van der Waals surface area contributed by atoms with Crippen LogP contribution >= 0.6 is 0 Å². The van der Waals surface area contributed by atoms with Crippen LogP contribution in [0.2, 0.25) is 0 Å². The van der Waals surface area contributed by atoms with Crippen molar-refractivity contribution in [3.63, 3.8) is 0 Å². The molecule has 0 fully saturated rings. The van der Waals surface area contributed by atoms with Crippen molar-refractivity contribution in [2.45, 2.75) is 32.7 Å². The summed E-state index contributed by atoms with van der Waals surface area (Å²) in [5.41, 5.74) is 0.126. The first kappa shape index (κ1) is 15.9. The number of hydrogen-bond acceptors (Lipinski definition) is 6. The van der Waals surface area contributed by atoms with Crippen molar-refractivity contribution in [2.75, 3.05) is 19.0 Å². The van der Waals surface area contributed by atoms with Gasteiger partial charge in [-0.3, -0.25) is 9.78 Å². The monoisotopic (exact) mass is 280 g/mol. The summed E-state index contributed by atoms with van der Waals surface area (Å²) in [6, 6.07) is 0.171. The van der Waals surface area contributed by atoms with Crippen LogP contribution in [0.4, 0.5) is 5.82 Å². The van der Waals surface area contributed by atoms with Crippen LogP contribution in [-0.4, -0.2) is 41.5 Å². The standard InChI is InChI=1S/C13H20N4O3/c1-4-9(2)16-12(18)5-6-15-11-8-14-7-10(17-11)13(19)20-3/h7-9H,4-6H2,1-3H3,(H,15,17)(H,16,18). The van der Waals surface area contributed by atoms with Gasteiger partial charge in [-0.1, -0.05) is 6.92 Å². The summed E-state index contributed by atoms with van der Waals surface area (Å²) in [6.07, 6.45) is 4.03. The number of hydrogen-bond donors (Lipinski definition) is 2. The number of amides is 1.